The van der Waals surface area contributed by atoms with Gasteiger partial charge < -0.3 is 9.67 Å². The van der Waals surface area contributed by atoms with Crippen molar-refractivity contribution in [1.29, 1.82) is 0 Å². The second kappa shape index (κ2) is 7.03. The molecule has 2 N–H and O–H groups in total. The first-order chi connectivity index (χ1) is 7.29. The van der Waals surface area contributed by atoms with Crippen LogP contribution in [-0.2, 0) is 13.2 Å². The van der Waals surface area contributed by atoms with Gasteiger partial charge in [0, 0.05) is 6.54 Å². The molecule has 0 aliphatic carbocycles. The lowest BCUT2D eigenvalue weighted by atomic mass is 10.2. The van der Waals surface area contributed by atoms with E-state index in [9.17, 15) is 0 Å². The fourth-order valence-corrected chi connectivity index (χ4v) is 2.13. The van der Waals surface area contributed by atoms with Crippen molar-refractivity contribution in [2.45, 2.75) is 32.4 Å². The molecule has 1 aromatic rings. The summed E-state index contributed by atoms with van der Waals surface area (Å²) in [4.78, 5) is 0. The zero-order valence-electron chi connectivity index (χ0n) is 8.90. The third kappa shape index (κ3) is 3.96. The van der Waals surface area contributed by atoms with E-state index in [1.54, 1.807) is 0 Å². The molecule has 0 atom stereocenters. The maximum atomic E-state index is 9.02. The Morgan fingerprint density at radius 2 is 2.27 bits per heavy atom. The molecular formula is C9H17N3OS2. The van der Waals surface area contributed by atoms with Crippen LogP contribution >= 0.6 is 24.0 Å². The number of H-pyrrole nitrogens is 1. The average Bonchev–Trinajstić information content (AvgIpc) is 2.60. The quantitative estimate of drug-likeness (QED) is 0.571. The van der Waals surface area contributed by atoms with Gasteiger partial charge in [-0.2, -0.15) is 16.9 Å². The van der Waals surface area contributed by atoms with Crippen LogP contribution < -0.4 is 0 Å². The largest absolute Gasteiger partial charge is 0.388 e. The normalized spacial score (nSPS) is 10.8. The van der Waals surface area contributed by atoms with Gasteiger partial charge in [0.25, 0.3) is 0 Å². The van der Waals surface area contributed by atoms with Crippen molar-refractivity contribution in [2.75, 3.05) is 12.0 Å². The summed E-state index contributed by atoms with van der Waals surface area (Å²) in [7, 11) is 0. The number of hydrogen-bond acceptors (Lipinski definition) is 4. The number of hydrogen-bond donors (Lipinski definition) is 2. The topological polar surface area (TPSA) is 53.8 Å². The molecule has 0 aliphatic heterocycles. The highest BCUT2D eigenvalue weighted by Gasteiger charge is 2.03. The van der Waals surface area contributed by atoms with E-state index in [0.717, 1.165) is 13.0 Å². The standard InChI is InChI=1S/C9H17N3OS2/c1-15-6-4-2-3-5-12-8(7-13)10-11-9(12)14/h13H,2-7H2,1H3,(H,11,14). The highest BCUT2D eigenvalue weighted by Crippen LogP contribution is 2.06. The Labute approximate surface area is 99.1 Å². The highest BCUT2D eigenvalue weighted by molar-refractivity contribution is 7.98. The summed E-state index contributed by atoms with van der Waals surface area (Å²) in [6.45, 7) is 0.789. The summed E-state index contributed by atoms with van der Waals surface area (Å²) in [5.74, 6) is 1.84. The van der Waals surface area contributed by atoms with E-state index in [1.807, 2.05) is 16.3 Å². The molecule has 86 valence electrons. The van der Waals surface area contributed by atoms with Crippen LogP contribution in [0.1, 0.15) is 25.1 Å². The fraction of sp³-hybridized carbons (Fsp3) is 0.778. The molecule has 0 bridgehead atoms. The fourth-order valence-electron chi connectivity index (χ4n) is 1.39. The van der Waals surface area contributed by atoms with Gasteiger partial charge in [0.05, 0.1) is 0 Å². The third-order valence-corrected chi connectivity index (χ3v) is 3.22. The first-order valence-corrected chi connectivity index (χ1v) is 6.83. The van der Waals surface area contributed by atoms with E-state index < -0.39 is 0 Å². The number of nitrogens with one attached hydrogen (secondary N) is 1. The first kappa shape index (κ1) is 12.7. The second-order valence-electron chi connectivity index (χ2n) is 3.31. The van der Waals surface area contributed by atoms with E-state index >= 15 is 0 Å². The Hall–Kier alpha value is -0.330. The van der Waals surface area contributed by atoms with Crippen LogP contribution in [0.4, 0.5) is 0 Å². The number of aromatic nitrogens is 3. The van der Waals surface area contributed by atoms with Gasteiger partial charge in [0.15, 0.2) is 10.6 Å². The van der Waals surface area contributed by atoms with Gasteiger partial charge in [-0.3, -0.25) is 5.10 Å². The molecule has 1 heterocycles. The van der Waals surface area contributed by atoms with Gasteiger partial charge in [-0.1, -0.05) is 6.42 Å². The lowest BCUT2D eigenvalue weighted by molar-refractivity contribution is 0.264. The van der Waals surface area contributed by atoms with Crippen LogP contribution in [0, 0.1) is 4.77 Å². The Balaban J connectivity index is 2.36. The zero-order chi connectivity index (χ0) is 11.1. The molecular weight excluding hydrogens is 230 g/mol. The minimum Gasteiger partial charge on any atom is -0.388 e. The van der Waals surface area contributed by atoms with Crippen LogP contribution in [0.2, 0.25) is 0 Å². The van der Waals surface area contributed by atoms with Gasteiger partial charge in [-0.15, -0.1) is 0 Å². The van der Waals surface area contributed by atoms with E-state index in [-0.39, 0.29) is 6.61 Å². The van der Waals surface area contributed by atoms with Crippen molar-refractivity contribution in [3.63, 3.8) is 0 Å². The molecule has 0 aromatic carbocycles. The van der Waals surface area contributed by atoms with Crippen LogP contribution in [-0.4, -0.2) is 31.9 Å². The molecule has 0 unspecified atom stereocenters. The van der Waals surface area contributed by atoms with Crippen molar-refractivity contribution >= 4 is 24.0 Å². The maximum absolute atomic E-state index is 9.02. The molecule has 0 radical (unpaired) electrons. The highest BCUT2D eigenvalue weighted by atomic mass is 32.2. The Morgan fingerprint density at radius 1 is 1.47 bits per heavy atom. The minimum atomic E-state index is -0.0576. The van der Waals surface area contributed by atoms with Crippen LogP contribution in [0.25, 0.3) is 0 Å². The molecule has 6 heteroatoms. The van der Waals surface area contributed by atoms with Gasteiger partial charge in [-0.25, -0.2) is 0 Å². The first-order valence-electron chi connectivity index (χ1n) is 5.03. The number of aliphatic hydroxyl groups is 1. The van der Waals surface area contributed by atoms with Crippen LogP contribution in [0.5, 0.6) is 0 Å². The number of nitrogens with zero attached hydrogens (tertiary/aromatic N) is 2. The van der Waals surface area contributed by atoms with Crippen molar-refractivity contribution in [1.82, 2.24) is 14.8 Å². The van der Waals surface area contributed by atoms with Crippen molar-refractivity contribution < 1.29 is 5.11 Å². The number of thioether (sulfide) groups is 1. The molecule has 15 heavy (non-hydrogen) atoms. The minimum absolute atomic E-state index is 0.0576. The summed E-state index contributed by atoms with van der Waals surface area (Å²) in [6.07, 6.45) is 5.64. The monoisotopic (exact) mass is 247 g/mol. The summed E-state index contributed by atoms with van der Waals surface area (Å²) < 4.78 is 2.47. The molecule has 0 aliphatic rings. The summed E-state index contributed by atoms with van der Waals surface area (Å²) >= 11 is 6.94. The Kier molecular flexibility index (Phi) is 5.97. The molecule has 0 saturated carbocycles. The summed E-state index contributed by atoms with van der Waals surface area (Å²) in [5.41, 5.74) is 0. The summed E-state index contributed by atoms with van der Waals surface area (Å²) in [5, 5.41) is 15.7. The Bertz CT molecular complexity index is 334. The van der Waals surface area contributed by atoms with Crippen molar-refractivity contribution in [3.8, 4) is 0 Å². The lowest BCUT2D eigenvalue weighted by Crippen LogP contribution is -2.04. The molecule has 0 fully saturated rings. The molecule has 0 amide bonds. The average molecular weight is 247 g/mol. The van der Waals surface area contributed by atoms with Crippen molar-refractivity contribution in [3.05, 3.63) is 10.6 Å². The molecule has 4 nitrogen and oxygen atoms in total. The van der Waals surface area contributed by atoms with E-state index in [1.165, 1.54) is 18.6 Å². The molecule has 0 spiro atoms. The predicted octanol–water partition coefficient (Wildman–Crippen LogP) is 1.97. The van der Waals surface area contributed by atoms with E-state index in [2.05, 4.69) is 16.5 Å². The SMILES string of the molecule is CSCCCCCn1c(CO)n[nH]c1=S. The van der Waals surface area contributed by atoms with Crippen LogP contribution in [0.15, 0.2) is 0 Å². The van der Waals surface area contributed by atoms with Gasteiger partial charge >= 0.3 is 0 Å². The zero-order valence-corrected chi connectivity index (χ0v) is 10.5. The van der Waals surface area contributed by atoms with Crippen LogP contribution in [0.3, 0.4) is 0 Å². The van der Waals surface area contributed by atoms with Gasteiger partial charge in [-0.05, 0) is 37.1 Å². The number of unbranched alkanes of at least 4 members (excludes halogenated alkanes) is 2. The Morgan fingerprint density at radius 3 is 2.93 bits per heavy atom. The smallest absolute Gasteiger partial charge is 0.195 e. The van der Waals surface area contributed by atoms with E-state index in [4.69, 9.17) is 17.3 Å². The van der Waals surface area contributed by atoms with Gasteiger partial charge in [0.2, 0.25) is 0 Å². The third-order valence-electron chi connectivity index (χ3n) is 2.21. The van der Waals surface area contributed by atoms with E-state index in [0.29, 0.717) is 10.6 Å². The molecule has 1 rings (SSSR count). The lowest BCUT2D eigenvalue weighted by Gasteiger charge is -2.04. The number of rotatable bonds is 7. The number of aromatic amines is 1. The maximum Gasteiger partial charge on any atom is 0.195 e. The molecule has 1 aromatic heterocycles. The predicted molar refractivity (Wildman–Crippen MR) is 65.6 cm³/mol. The number of aliphatic hydroxyl groups excluding tert-OH is 1. The second-order valence-corrected chi connectivity index (χ2v) is 4.68. The molecule has 0 saturated heterocycles. The van der Waals surface area contributed by atoms with Gasteiger partial charge in [0.1, 0.15) is 6.61 Å². The van der Waals surface area contributed by atoms with Crippen molar-refractivity contribution in [2.24, 2.45) is 0 Å². The summed E-state index contributed by atoms with van der Waals surface area (Å²) in [6, 6.07) is 0.